The Morgan fingerprint density at radius 1 is 1.19 bits per heavy atom. The van der Waals surface area contributed by atoms with Crippen molar-refractivity contribution in [1.29, 1.82) is 0 Å². The number of fused-ring (bicyclic) bond motifs is 1. The van der Waals surface area contributed by atoms with Gasteiger partial charge in [-0.25, -0.2) is 4.52 Å². The van der Waals surface area contributed by atoms with Crippen molar-refractivity contribution in [2.24, 2.45) is 7.05 Å². The Morgan fingerprint density at radius 2 is 2.03 bits per heavy atom. The summed E-state index contributed by atoms with van der Waals surface area (Å²) in [5, 5.41) is 23.7. The summed E-state index contributed by atoms with van der Waals surface area (Å²) >= 11 is 1.45. The topological polar surface area (TPSA) is 139 Å². The third-order valence-corrected chi connectivity index (χ3v) is 7.18. The second kappa shape index (κ2) is 10.4. The quantitative estimate of drug-likeness (QED) is 0.333. The fraction of sp³-hybridized carbons (Fsp3) is 0.375. The van der Waals surface area contributed by atoms with Crippen molar-refractivity contribution in [1.82, 2.24) is 29.3 Å². The number of ether oxygens (including phenoxy) is 1. The van der Waals surface area contributed by atoms with Gasteiger partial charge in [0.05, 0.1) is 71.5 Å². The molecule has 3 N–H and O–H groups in total. The maximum Gasteiger partial charge on any atom is 0.260 e. The van der Waals surface area contributed by atoms with E-state index in [9.17, 15) is 14.7 Å². The summed E-state index contributed by atoms with van der Waals surface area (Å²) in [4.78, 5) is 33.8. The Morgan fingerprint density at radius 3 is 2.78 bits per heavy atom. The van der Waals surface area contributed by atoms with Gasteiger partial charge >= 0.3 is 0 Å². The summed E-state index contributed by atoms with van der Waals surface area (Å²) in [6.45, 7) is 4.84. The van der Waals surface area contributed by atoms with E-state index in [0.29, 0.717) is 40.6 Å². The normalized spacial score (nSPS) is 18.3. The van der Waals surface area contributed by atoms with Crippen LogP contribution >= 0.6 is 11.3 Å². The monoisotopic (exact) mass is 524 g/mol. The second-order valence-electron chi connectivity index (χ2n) is 9.11. The number of thiazole rings is 1. The predicted molar refractivity (Wildman–Crippen MR) is 139 cm³/mol. The van der Waals surface area contributed by atoms with Gasteiger partial charge < -0.3 is 20.5 Å². The summed E-state index contributed by atoms with van der Waals surface area (Å²) < 4.78 is 9.03. The Kier molecular flexibility index (Phi) is 7.02. The van der Waals surface area contributed by atoms with Crippen molar-refractivity contribution in [3.05, 3.63) is 48.3 Å². The van der Waals surface area contributed by atoms with Crippen LogP contribution in [0.15, 0.2) is 37.1 Å². The minimum Gasteiger partial charge on any atom is -0.394 e. The van der Waals surface area contributed by atoms with E-state index in [-0.39, 0.29) is 37.2 Å². The molecule has 0 saturated carbocycles. The number of nitrogens with zero attached hydrogens (tertiary/aromatic N) is 6. The van der Waals surface area contributed by atoms with Crippen LogP contribution in [0, 0.1) is 6.92 Å². The molecular formula is C24H28N8O4S. The molecule has 12 nitrogen and oxygen atoms in total. The van der Waals surface area contributed by atoms with Crippen LogP contribution < -0.4 is 10.6 Å². The highest BCUT2D eigenvalue weighted by atomic mass is 32.1. The molecule has 13 heteroatoms. The number of anilines is 2. The molecule has 4 aromatic heterocycles. The van der Waals surface area contributed by atoms with Gasteiger partial charge in [-0.2, -0.15) is 10.2 Å². The summed E-state index contributed by atoms with van der Waals surface area (Å²) in [6, 6.07) is 1.69. The number of carbonyl (C=O) groups excluding carboxylic acids is 2. The number of aliphatic hydroxyl groups is 1. The third-order valence-electron chi connectivity index (χ3n) is 6.02. The maximum atomic E-state index is 13.1. The summed E-state index contributed by atoms with van der Waals surface area (Å²) in [6.07, 6.45) is 8.26. The van der Waals surface area contributed by atoms with E-state index in [1.807, 2.05) is 31.3 Å². The highest BCUT2D eigenvalue weighted by Crippen LogP contribution is 2.30. The molecule has 37 heavy (non-hydrogen) atoms. The second-order valence-corrected chi connectivity index (χ2v) is 10.1. The molecule has 2 unspecified atom stereocenters. The minimum atomic E-state index is -0.319. The molecule has 2 amide bonds. The molecule has 4 aromatic rings. The van der Waals surface area contributed by atoms with Crippen LogP contribution in [-0.4, -0.2) is 84.6 Å². The smallest absolute Gasteiger partial charge is 0.260 e. The van der Waals surface area contributed by atoms with Crippen molar-refractivity contribution in [2.75, 3.05) is 36.9 Å². The molecule has 0 spiro atoms. The van der Waals surface area contributed by atoms with Gasteiger partial charge in [0.25, 0.3) is 5.91 Å². The van der Waals surface area contributed by atoms with E-state index < -0.39 is 0 Å². The van der Waals surface area contributed by atoms with Gasteiger partial charge in [-0.3, -0.25) is 24.2 Å². The van der Waals surface area contributed by atoms with Gasteiger partial charge in [0.2, 0.25) is 5.91 Å². The average Bonchev–Trinajstić information content (AvgIpc) is 3.56. The lowest BCUT2D eigenvalue weighted by Gasteiger charge is -2.35. The molecule has 0 aliphatic carbocycles. The summed E-state index contributed by atoms with van der Waals surface area (Å²) in [5.41, 5.74) is 2.97. The van der Waals surface area contributed by atoms with Gasteiger partial charge in [-0.1, -0.05) is 0 Å². The van der Waals surface area contributed by atoms with Crippen molar-refractivity contribution in [3.8, 4) is 10.4 Å². The molecule has 0 aromatic carbocycles. The molecule has 5 heterocycles. The van der Waals surface area contributed by atoms with E-state index >= 15 is 0 Å². The zero-order valence-electron chi connectivity index (χ0n) is 20.7. The molecule has 0 radical (unpaired) electrons. The first kappa shape index (κ1) is 25.0. The number of aromatic nitrogens is 5. The van der Waals surface area contributed by atoms with Crippen LogP contribution in [0.1, 0.15) is 23.0 Å². The third kappa shape index (κ3) is 5.54. The fourth-order valence-corrected chi connectivity index (χ4v) is 5.35. The number of morpholine rings is 1. The Bertz CT molecular complexity index is 1440. The number of amides is 2. The molecule has 5 rings (SSSR count). The molecule has 1 saturated heterocycles. The Balaban J connectivity index is 1.27. The van der Waals surface area contributed by atoms with Crippen LogP contribution in [0.5, 0.6) is 0 Å². The molecular weight excluding hydrogens is 496 g/mol. The van der Waals surface area contributed by atoms with Gasteiger partial charge in [0, 0.05) is 38.1 Å². The van der Waals surface area contributed by atoms with Crippen LogP contribution in [-0.2, 0) is 16.6 Å². The fourth-order valence-electron chi connectivity index (χ4n) is 4.32. The van der Waals surface area contributed by atoms with Crippen LogP contribution in [0.2, 0.25) is 0 Å². The van der Waals surface area contributed by atoms with Gasteiger partial charge in [0.1, 0.15) is 4.83 Å². The zero-order chi connectivity index (χ0) is 26.1. The first-order chi connectivity index (χ1) is 17.8. The van der Waals surface area contributed by atoms with Gasteiger partial charge in [0.15, 0.2) is 0 Å². The summed E-state index contributed by atoms with van der Waals surface area (Å²) in [7, 11) is 1.85. The predicted octanol–water partition coefficient (Wildman–Crippen LogP) is 1.77. The number of aryl methyl sites for hydroxylation is 2. The zero-order valence-corrected chi connectivity index (χ0v) is 21.5. The standard InChI is InChI=1S/C24H28N8O4S/c1-14-8-31(10-18(13-33)36-14)12-22(34)28-17-4-20(15(2)25-6-17)29-23(35)19-7-27-32-11-21(37-24(19)32)16-5-26-30(3)9-16/h4-7,9,11,14,18,33H,8,10,12-13H2,1-3H3,(H,28,34)(H,29,35). The Hall–Kier alpha value is -3.65. The number of nitrogens with one attached hydrogen (secondary N) is 2. The number of hydrogen-bond donors (Lipinski definition) is 3. The number of hydrogen-bond acceptors (Lipinski definition) is 9. The number of pyridine rings is 1. The molecule has 0 bridgehead atoms. The summed E-state index contributed by atoms with van der Waals surface area (Å²) in [5.74, 6) is -0.533. The van der Waals surface area contributed by atoms with Crippen molar-refractivity contribution in [2.45, 2.75) is 26.1 Å². The van der Waals surface area contributed by atoms with Crippen LogP contribution in [0.25, 0.3) is 15.3 Å². The Labute approximate surface area is 216 Å². The molecule has 1 aliphatic heterocycles. The van der Waals surface area contributed by atoms with Crippen LogP contribution in [0.3, 0.4) is 0 Å². The SMILES string of the molecule is Cc1ncc(NC(=O)CN2CC(C)OC(CO)C2)cc1NC(=O)c1cnn2cc(-c3cnn(C)c3)sc12. The lowest BCUT2D eigenvalue weighted by atomic mass is 10.2. The molecule has 1 aliphatic rings. The number of rotatable bonds is 7. The first-order valence-corrected chi connectivity index (χ1v) is 12.6. The van der Waals surface area contributed by atoms with Gasteiger partial charge in [-0.15, -0.1) is 11.3 Å². The lowest BCUT2D eigenvalue weighted by molar-refractivity contribution is -0.124. The van der Waals surface area contributed by atoms with E-state index in [4.69, 9.17) is 4.74 Å². The van der Waals surface area contributed by atoms with E-state index in [1.54, 1.807) is 34.6 Å². The van der Waals surface area contributed by atoms with E-state index in [1.165, 1.54) is 17.5 Å². The number of aliphatic hydroxyl groups excluding tert-OH is 1. The molecule has 2 atom stereocenters. The molecule has 194 valence electrons. The first-order valence-electron chi connectivity index (χ1n) is 11.8. The highest BCUT2D eigenvalue weighted by molar-refractivity contribution is 7.21. The van der Waals surface area contributed by atoms with Crippen molar-refractivity contribution in [3.63, 3.8) is 0 Å². The molecule has 1 fully saturated rings. The number of carbonyl (C=O) groups is 2. The maximum absolute atomic E-state index is 13.1. The highest BCUT2D eigenvalue weighted by Gasteiger charge is 2.26. The van der Waals surface area contributed by atoms with E-state index in [0.717, 1.165) is 10.4 Å². The van der Waals surface area contributed by atoms with Crippen molar-refractivity contribution < 1.29 is 19.4 Å². The van der Waals surface area contributed by atoms with Gasteiger partial charge in [-0.05, 0) is 19.9 Å². The average molecular weight is 525 g/mol. The largest absolute Gasteiger partial charge is 0.394 e. The lowest BCUT2D eigenvalue weighted by Crippen LogP contribution is -2.50. The minimum absolute atomic E-state index is 0.0688. The van der Waals surface area contributed by atoms with Crippen molar-refractivity contribution >= 4 is 39.4 Å². The van der Waals surface area contributed by atoms with Crippen LogP contribution in [0.4, 0.5) is 11.4 Å². The van der Waals surface area contributed by atoms with E-state index in [2.05, 4.69) is 25.8 Å².